The summed E-state index contributed by atoms with van der Waals surface area (Å²) in [6.45, 7) is 0. The lowest BCUT2D eigenvalue weighted by atomic mass is 10.0. The van der Waals surface area contributed by atoms with Crippen molar-refractivity contribution in [1.29, 1.82) is 0 Å². The zero-order valence-corrected chi connectivity index (χ0v) is 13.8. The molecular formula is C19H18F3NO3. The van der Waals surface area contributed by atoms with E-state index < -0.39 is 24.5 Å². The van der Waals surface area contributed by atoms with Gasteiger partial charge < -0.3 is 10.4 Å². The molecule has 0 saturated heterocycles. The summed E-state index contributed by atoms with van der Waals surface area (Å²) in [6.07, 6.45) is -5.27. The number of alkyl halides is 3. The molecule has 0 aromatic heterocycles. The highest BCUT2D eigenvalue weighted by Gasteiger charge is 2.27. The molecule has 0 heterocycles. The minimum Gasteiger partial charge on any atom is -0.481 e. The number of aliphatic carboxylic acids is 1. The predicted molar refractivity (Wildman–Crippen MR) is 91.2 cm³/mol. The highest BCUT2D eigenvalue weighted by molar-refractivity contribution is 6.05. The molecule has 0 spiro atoms. The van der Waals surface area contributed by atoms with Gasteiger partial charge in [-0.3, -0.25) is 9.59 Å². The minimum atomic E-state index is -4.29. The highest BCUT2D eigenvalue weighted by Crippen LogP contribution is 2.24. The number of carboxylic acid groups (broad SMARTS) is 1. The van der Waals surface area contributed by atoms with Gasteiger partial charge in [-0.1, -0.05) is 30.3 Å². The Bertz CT molecular complexity index is 788. The molecule has 0 atom stereocenters. The highest BCUT2D eigenvalue weighted by atomic mass is 19.4. The summed E-state index contributed by atoms with van der Waals surface area (Å²) >= 11 is 0. The molecule has 0 unspecified atom stereocenters. The van der Waals surface area contributed by atoms with Gasteiger partial charge in [-0.05, 0) is 42.2 Å². The van der Waals surface area contributed by atoms with Gasteiger partial charge in [-0.15, -0.1) is 0 Å². The Kier molecular flexibility index (Phi) is 6.38. The van der Waals surface area contributed by atoms with E-state index >= 15 is 0 Å². The van der Waals surface area contributed by atoms with Crippen molar-refractivity contribution < 1.29 is 27.9 Å². The summed E-state index contributed by atoms with van der Waals surface area (Å²) < 4.78 is 37.4. The lowest BCUT2D eigenvalue weighted by molar-refractivity contribution is -0.137. The van der Waals surface area contributed by atoms with Crippen molar-refractivity contribution in [2.24, 2.45) is 0 Å². The number of hydrogen-bond donors (Lipinski definition) is 2. The quantitative estimate of drug-likeness (QED) is 0.762. The number of amides is 1. The molecule has 2 aromatic rings. The molecule has 0 fully saturated rings. The third-order valence-electron chi connectivity index (χ3n) is 3.75. The summed E-state index contributed by atoms with van der Waals surface area (Å²) in [5, 5.41) is 11.4. The summed E-state index contributed by atoms with van der Waals surface area (Å²) in [4.78, 5) is 23.1. The molecule has 0 aliphatic rings. The van der Waals surface area contributed by atoms with Crippen molar-refractivity contribution in [3.63, 3.8) is 0 Å². The molecule has 0 saturated carbocycles. The topological polar surface area (TPSA) is 66.4 Å². The molecule has 2 aromatic carbocycles. The lowest BCUT2D eigenvalue weighted by Gasteiger charge is -2.12. The summed E-state index contributed by atoms with van der Waals surface area (Å²) in [7, 11) is 0. The van der Waals surface area contributed by atoms with Crippen LogP contribution in [0.3, 0.4) is 0 Å². The molecule has 1 amide bonds. The fourth-order valence-corrected chi connectivity index (χ4v) is 2.49. The van der Waals surface area contributed by atoms with Gasteiger partial charge in [0.15, 0.2) is 0 Å². The van der Waals surface area contributed by atoms with Gasteiger partial charge in [0.1, 0.15) is 0 Å². The van der Waals surface area contributed by atoms with E-state index in [9.17, 15) is 22.8 Å². The largest absolute Gasteiger partial charge is 0.481 e. The Hall–Kier alpha value is -2.83. The second kappa shape index (κ2) is 8.51. The van der Waals surface area contributed by atoms with Gasteiger partial charge in [0, 0.05) is 24.1 Å². The van der Waals surface area contributed by atoms with Crippen LogP contribution in [0.15, 0.2) is 48.5 Å². The van der Waals surface area contributed by atoms with Gasteiger partial charge in [0.05, 0.1) is 0 Å². The monoisotopic (exact) mass is 365 g/mol. The van der Waals surface area contributed by atoms with Crippen LogP contribution >= 0.6 is 0 Å². The smallest absolute Gasteiger partial charge is 0.389 e. The second-order valence-corrected chi connectivity index (χ2v) is 5.82. The zero-order valence-electron chi connectivity index (χ0n) is 13.8. The van der Waals surface area contributed by atoms with Crippen LogP contribution in [0.4, 0.5) is 18.9 Å². The number of hydrogen-bond acceptors (Lipinski definition) is 2. The number of benzene rings is 2. The molecule has 0 bridgehead atoms. The predicted octanol–water partition coefficient (Wildman–Crippen LogP) is 4.45. The molecule has 138 valence electrons. The van der Waals surface area contributed by atoms with Crippen molar-refractivity contribution in [3.05, 3.63) is 65.2 Å². The maximum atomic E-state index is 12.5. The standard InChI is InChI=1S/C19H18F3NO3/c20-19(21,22)11-10-14-5-1-2-7-16(14)18(26)23-15-6-3-4-13(12-15)8-9-17(24)25/h1-7,12H,8-11H2,(H,23,26)(H,24,25). The molecule has 26 heavy (non-hydrogen) atoms. The average Bonchev–Trinajstić information content (AvgIpc) is 2.58. The second-order valence-electron chi connectivity index (χ2n) is 5.82. The van der Waals surface area contributed by atoms with E-state index in [4.69, 9.17) is 5.11 Å². The van der Waals surface area contributed by atoms with E-state index in [2.05, 4.69) is 5.32 Å². The third-order valence-corrected chi connectivity index (χ3v) is 3.75. The number of carbonyl (C=O) groups excluding carboxylic acids is 1. The first-order valence-electron chi connectivity index (χ1n) is 8.01. The van der Waals surface area contributed by atoms with E-state index in [1.165, 1.54) is 12.1 Å². The van der Waals surface area contributed by atoms with Crippen LogP contribution in [0.2, 0.25) is 0 Å². The molecule has 2 N–H and O–H groups in total. The van der Waals surface area contributed by atoms with Crippen molar-refractivity contribution in [2.45, 2.75) is 31.9 Å². The maximum Gasteiger partial charge on any atom is 0.389 e. The zero-order chi connectivity index (χ0) is 19.2. The Morgan fingerprint density at radius 1 is 1.00 bits per heavy atom. The summed E-state index contributed by atoms with van der Waals surface area (Å²) in [5.41, 5.74) is 1.72. The van der Waals surface area contributed by atoms with Crippen LogP contribution in [0.5, 0.6) is 0 Å². The van der Waals surface area contributed by atoms with Crippen LogP contribution in [-0.2, 0) is 17.6 Å². The van der Waals surface area contributed by atoms with E-state index in [0.717, 1.165) is 5.56 Å². The van der Waals surface area contributed by atoms with E-state index in [1.54, 1.807) is 36.4 Å². The molecule has 0 aliphatic heterocycles. The van der Waals surface area contributed by atoms with Crippen molar-refractivity contribution in [2.75, 3.05) is 5.32 Å². The van der Waals surface area contributed by atoms with E-state index in [0.29, 0.717) is 17.7 Å². The van der Waals surface area contributed by atoms with Crippen molar-refractivity contribution in [3.8, 4) is 0 Å². The molecule has 7 heteroatoms. The SMILES string of the molecule is O=C(O)CCc1cccc(NC(=O)c2ccccc2CCC(F)(F)F)c1. The molecule has 0 radical (unpaired) electrons. The third kappa shape index (κ3) is 6.23. The minimum absolute atomic E-state index is 0.0301. The lowest BCUT2D eigenvalue weighted by Crippen LogP contribution is -2.16. The number of aryl methyl sites for hydroxylation is 2. The van der Waals surface area contributed by atoms with Crippen molar-refractivity contribution >= 4 is 17.6 Å². The Labute approximate surface area is 148 Å². The number of anilines is 1. The number of carbonyl (C=O) groups is 2. The van der Waals surface area contributed by atoms with Gasteiger partial charge in [0.25, 0.3) is 5.91 Å². The average molecular weight is 365 g/mol. The summed E-state index contributed by atoms with van der Waals surface area (Å²) in [5.74, 6) is -1.42. The number of rotatable bonds is 7. The van der Waals surface area contributed by atoms with Crippen molar-refractivity contribution in [1.82, 2.24) is 0 Å². The summed E-state index contributed by atoms with van der Waals surface area (Å²) in [6, 6.07) is 12.9. The van der Waals surface area contributed by atoms with Crippen LogP contribution in [-0.4, -0.2) is 23.2 Å². The van der Waals surface area contributed by atoms with Crippen LogP contribution in [0, 0.1) is 0 Å². The van der Waals surface area contributed by atoms with Crippen LogP contribution < -0.4 is 5.32 Å². The fourth-order valence-electron chi connectivity index (χ4n) is 2.49. The molecule has 0 aliphatic carbocycles. The van der Waals surface area contributed by atoms with Gasteiger partial charge in [0.2, 0.25) is 0 Å². The molecule has 4 nitrogen and oxygen atoms in total. The van der Waals surface area contributed by atoms with E-state index in [-0.39, 0.29) is 18.4 Å². The van der Waals surface area contributed by atoms with Crippen LogP contribution in [0.1, 0.15) is 34.3 Å². The number of halogens is 3. The first kappa shape index (κ1) is 19.5. The Morgan fingerprint density at radius 3 is 2.42 bits per heavy atom. The first-order chi connectivity index (χ1) is 12.2. The van der Waals surface area contributed by atoms with E-state index in [1.807, 2.05) is 0 Å². The Morgan fingerprint density at radius 2 is 1.73 bits per heavy atom. The Balaban J connectivity index is 2.10. The van der Waals surface area contributed by atoms with Crippen LogP contribution in [0.25, 0.3) is 0 Å². The number of nitrogens with one attached hydrogen (secondary N) is 1. The first-order valence-corrected chi connectivity index (χ1v) is 8.01. The van der Waals surface area contributed by atoms with Gasteiger partial charge >= 0.3 is 12.1 Å². The normalized spacial score (nSPS) is 11.2. The van der Waals surface area contributed by atoms with Gasteiger partial charge in [-0.25, -0.2) is 0 Å². The molecular weight excluding hydrogens is 347 g/mol. The maximum absolute atomic E-state index is 12.5. The van der Waals surface area contributed by atoms with Gasteiger partial charge in [-0.2, -0.15) is 13.2 Å². The molecule has 2 rings (SSSR count). The fraction of sp³-hybridized carbons (Fsp3) is 0.263. The number of carboxylic acids is 1.